The Kier molecular flexibility index (Phi) is 3.84. The van der Waals surface area contributed by atoms with E-state index in [1.54, 1.807) is 6.92 Å². The molecule has 1 atom stereocenters. The Balaban J connectivity index is 2.25. The van der Waals surface area contributed by atoms with Gasteiger partial charge in [0.15, 0.2) is 0 Å². The van der Waals surface area contributed by atoms with Crippen LogP contribution in [0.1, 0.15) is 26.7 Å². The van der Waals surface area contributed by atoms with E-state index in [2.05, 4.69) is 10.9 Å². The van der Waals surface area contributed by atoms with Crippen molar-refractivity contribution in [2.75, 3.05) is 13.2 Å². The number of ether oxygens (including phenoxy) is 1. The third-order valence-corrected chi connectivity index (χ3v) is 3.10. The number of carbonyl (C=O) groups excluding carboxylic acids is 3. The van der Waals surface area contributed by atoms with Crippen LogP contribution in [0.3, 0.4) is 0 Å². The number of carbonyl (C=O) groups is 3. The van der Waals surface area contributed by atoms with Crippen molar-refractivity contribution in [2.24, 2.45) is 0 Å². The summed E-state index contributed by atoms with van der Waals surface area (Å²) in [6.45, 7) is 4.25. The van der Waals surface area contributed by atoms with Gasteiger partial charge in [-0.3, -0.25) is 14.5 Å². The smallest absolute Gasteiger partial charge is 0.356 e. The molecule has 7 nitrogen and oxygen atoms in total. The maximum Gasteiger partial charge on any atom is 0.356 e. The van der Waals surface area contributed by atoms with E-state index in [-0.39, 0.29) is 23.8 Å². The fourth-order valence-electron chi connectivity index (χ4n) is 2.14. The van der Waals surface area contributed by atoms with Crippen molar-refractivity contribution in [3.8, 4) is 0 Å². The maximum atomic E-state index is 12.2. The molecule has 104 valence electrons. The van der Waals surface area contributed by atoms with Crippen molar-refractivity contribution in [1.82, 2.24) is 15.8 Å². The van der Waals surface area contributed by atoms with Gasteiger partial charge < -0.3 is 10.2 Å². The molecule has 7 heteroatoms. The first-order valence-electron chi connectivity index (χ1n) is 6.40. The molecule has 0 aromatic rings. The minimum absolute atomic E-state index is 0.0456. The summed E-state index contributed by atoms with van der Waals surface area (Å²) in [6.07, 6.45) is 1.64. The van der Waals surface area contributed by atoms with E-state index in [0.717, 1.165) is 12.8 Å². The normalized spacial score (nSPS) is 21.8. The molecule has 0 spiro atoms. The second-order valence-corrected chi connectivity index (χ2v) is 4.36. The Morgan fingerprint density at radius 3 is 2.74 bits per heavy atom. The topological polar surface area (TPSA) is 87.7 Å². The van der Waals surface area contributed by atoms with Gasteiger partial charge in [0.2, 0.25) is 0 Å². The van der Waals surface area contributed by atoms with Gasteiger partial charge in [0.05, 0.1) is 12.2 Å². The molecule has 0 radical (unpaired) electrons. The molecule has 0 saturated carbocycles. The summed E-state index contributed by atoms with van der Waals surface area (Å²) in [5.74, 6) is -1.35. The van der Waals surface area contributed by atoms with Gasteiger partial charge >= 0.3 is 5.97 Å². The second kappa shape index (κ2) is 5.40. The number of nitrogens with zero attached hydrogens (tertiary/aromatic N) is 1. The maximum absolute atomic E-state index is 12.2. The minimum atomic E-state index is -0.774. The van der Waals surface area contributed by atoms with Crippen molar-refractivity contribution < 1.29 is 19.1 Å². The number of hydrogen-bond donors (Lipinski definition) is 2. The summed E-state index contributed by atoms with van der Waals surface area (Å²) in [5, 5.41) is 0. The van der Waals surface area contributed by atoms with Crippen LogP contribution in [-0.4, -0.2) is 41.9 Å². The molecule has 0 unspecified atom stereocenters. The van der Waals surface area contributed by atoms with Gasteiger partial charge in [-0.15, -0.1) is 0 Å². The van der Waals surface area contributed by atoms with Crippen molar-refractivity contribution >= 4 is 17.8 Å². The van der Waals surface area contributed by atoms with Crippen LogP contribution in [0.25, 0.3) is 0 Å². The number of likely N-dealkylation sites (tertiary alicyclic amines) is 1. The van der Waals surface area contributed by atoms with Crippen LogP contribution in [0, 0.1) is 0 Å². The Labute approximate surface area is 110 Å². The fourth-order valence-corrected chi connectivity index (χ4v) is 2.14. The van der Waals surface area contributed by atoms with E-state index in [9.17, 15) is 14.4 Å². The van der Waals surface area contributed by atoms with E-state index >= 15 is 0 Å². The van der Waals surface area contributed by atoms with Crippen molar-refractivity contribution in [2.45, 2.75) is 32.7 Å². The Bertz CT molecular complexity index is 458. The summed E-state index contributed by atoms with van der Waals surface area (Å²) in [7, 11) is 0. The molecule has 19 heavy (non-hydrogen) atoms. The molecule has 2 aliphatic rings. The summed E-state index contributed by atoms with van der Waals surface area (Å²) in [4.78, 5) is 37.1. The molecule has 1 fully saturated rings. The lowest BCUT2D eigenvalue weighted by molar-refractivity contribution is -0.141. The Morgan fingerprint density at radius 2 is 2.11 bits per heavy atom. The molecular formula is C12H17N3O4. The van der Waals surface area contributed by atoms with Gasteiger partial charge in [-0.05, 0) is 13.3 Å². The van der Waals surface area contributed by atoms with E-state index in [0.29, 0.717) is 6.54 Å². The number of esters is 1. The number of fused-ring (bicyclic) bond motifs is 1. The van der Waals surface area contributed by atoms with Crippen LogP contribution < -0.4 is 10.9 Å². The van der Waals surface area contributed by atoms with Gasteiger partial charge in [-0.25, -0.2) is 10.2 Å². The van der Waals surface area contributed by atoms with Crippen LogP contribution in [-0.2, 0) is 19.1 Å². The molecule has 0 aromatic carbocycles. The standard InChI is InChI=1S/C12H17N3O4/c1-3-5-6-15-10(16)7-8(11(15)17)13-14-9(7)12(18)19-4-2/h8,13-14H,3-6H2,1-2H3/t8-/m0/s1. The van der Waals surface area contributed by atoms with E-state index in [1.165, 1.54) is 4.90 Å². The number of hydrazine groups is 1. The summed E-state index contributed by atoms with van der Waals surface area (Å²) in [6, 6.07) is -0.774. The molecular weight excluding hydrogens is 250 g/mol. The SMILES string of the molecule is CCCCN1C(=O)C2=C(C(=O)OCC)NN[C@@H]2C1=O. The quantitative estimate of drug-likeness (QED) is 0.513. The van der Waals surface area contributed by atoms with Crippen LogP contribution in [0.4, 0.5) is 0 Å². The zero-order chi connectivity index (χ0) is 14.0. The average Bonchev–Trinajstić information content (AvgIpc) is 2.91. The molecule has 2 heterocycles. The summed E-state index contributed by atoms with van der Waals surface area (Å²) in [5.41, 5.74) is 5.44. The molecule has 1 saturated heterocycles. The highest BCUT2D eigenvalue weighted by molar-refractivity contribution is 6.20. The predicted octanol–water partition coefficient (Wildman–Crippen LogP) is -0.551. The Morgan fingerprint density at radius 1 is 1.37 bits per heavy atom. The minimum Gasteiger partial charge on any atom is -0.461 e. The van der Waals surface area contributed by atoms with E-state index in [1.807, 2.05) is 6.92 Å². The molecule has 2 amide bonds. The molecule has 2 rings (SSSR count). The molecule has 0 bridgehead atoms. The monoisotopic (exact) mass is 267 g/mol. The first-order valence-corrected chi connectivity index (χ1v) is 6.40. The Hall–Kier alpha value is -1.89. The number of rotatable bonds is 5. The number of nitrogens with one attached hydrogen (secondary N) is 2. The number of amides is 2. The van der Waals surface area contributed by atoms with Crippen LogP contribution in [0.5, 0.6) is 0 Å². The predicted molar refractivity (Wildman–Crippen MR) is 65.3 cm³/mol. The molecule has 0 aromatic heterocycles. The third kappa shape index (κ3) is 2.21. The zero-order valence-electron chi connectivity index (χ0n) is 11.0. The number of hydrogen-bond acceptors (Lipinski definition) is 6. The van der Waals surface area contributed by atoms with Gasteiger partial charge in [0.1, 0.15) is 11.7 Å². The van der Waals surface area contributed by atoms with Gasteiger partial charge in [-0.2, -0.15) is 0 Å². The molecule has 2 N–H and O–H groups in total. The molecule has 0 aliphatic carbocycles. The lowest BCUT2D eigenvalue weighted by Gasteiger charge is -2.15. The van der Waals surface area contributed by atoms with Gasteiger partial charge in [0, 0.05) is 6.54 Å². The van der Waals surface area contributed by atoms with Crippen LogP contribution >= 0.6 is 0 Å². The van der Waals surface area contributed by atoms with Crippen molar-refractivity contribution in [1.29, 1.82) is 0 Å². The van der Waals surface area contributed by atoms with Crippen LogP contribution in [0.2, 0.25) is 0 Å². The zero-order valence-corrected chi connectivity index (χ0v) is 11.0. The lowest BCUT2D eigenvalue weighted by atomic mass is 10.1. The van der Waals surface area contributed by atoms with Gasteiger partial charge in [-0.1, -0.05) is 13.3 Å². The lowest BCUT2D eigenvalue weighted by Crippen LogP contribution is -2.42. The highest BCUT2D eigenvalue weighted by Crippen LogP contribution is 2.26. The fraction of sp³-hybridized carbons (Fsp3) is 0.583. The largest absolute Gasteiger partial charge is 0.461 e. The molecule has 2 aliphatic heterocycles. The van der Waals surface area contributed by atoms with Crippen molar-refractivity contribution in [3.63, 3.8) is 0 Å². The second-order valence-electron chi connectivity index (χ2n) is 4.36. The van der Waals surface area contributed by atoms with Crippen molar-refractivity contribution in [3.05, 3.63) is 11.3 Å². The summed E-state index contributed by atoms with van der Waals surface area (Å²) >= 11 is 0. The highest BCUT2D eigenvalue weighted by atomic mass is 16.5. The third-order valence-electron chi connectivity index (χ3n) is 3.10. The summed E-state index contributed by atoms with van der Waals surface area (Å²) < 4.78 is 4.85. The highest BCUT2D eigenvalue weighted by Gasteiger charge is 2.49. The first-order chi connectivity index (χ1) is 9.11. The van der Waals surface area contributed by atoms with E-state index in [4.69, 9.17) is 4.74 Å². The number of unbranched alkanes of at least 4 members (excludes halogenated alkanes) is 1. The van der Waals surface area contributed by atoms with E-state index < -0.39 is 17.9 Å². The number of imide groups is 1. The first kappa shape index (κ1) is 13.5. The average molecular weight is 267 g/mol. The van der Waals surface area contributed by atoms with Gasteiger partial charge in [0.25, 0.3) is 11.8 Å². The van der Waals surface area contributed by atoms with Crippen LogP contribution in [0.15, 0.2) is 11.3 Å².